The molecule has 0 spiro atoms. The lowest BCUT2D eigenvalue weighted by molar-refractivity contribution is 0.244. The molecule has 0 bridgehead atoms. The molecule has 0 amide bonds. The number of nitrogens with zero attached hydrogens (tertiary/aromatic N) is 1. The van der Waals surface area contributed by atoms with Crippen LogP contribution in [0.5, 0.6) is 5.75 Å². The van der Waals surface area contributed by atoms with Crippen LogP contribution >= 0.6 is 0 Å². The van der Waals surface area contributed by atoms with Crippen molar-refractivity contribution < 1.29 is 21.6 Å². The van der Waals surface area contributed by atoms with E-state index in [0.29, 0.717) is 13.1 Å². The van der Waals surface area contributed by atoms with E-state index in [1.165, 1.54) is 29.6 Å². The fraction of sp³-hybridized carbons (Fsp3) is 0.571. The van der Waals surface area contributed by atoms with Gasteiger partial charge in [-0.15, -0.1) is 0 Å². The van der Waals surface area contributed by atoms with Crippen molar-refractivity contribution >= 4 is 19.9 Å². The van der Waals surface area contributed by atoms with Gasteiger partial charge in [0.15, 0.2) is 9.84 Å². The minimum Gasteiger partial charge on any atom is -0.495 e. The first kappa shape index (κ1) is 18.2. The highest BCUT2D eigenvalue weighted by atomic mass is 32.2. The number of sulfonamides is 1. The smallest absolute Gasteiger partial charge is 0.247 e. The van der Waals surface area contributed by atoms with Crippen LogP contribution in [0.3, 0.4) is 0 Å². The molecular weight excluding hydrogens is 340 g/mol. The van der Waals surface area contributed by atoms with E-state index >= 15 is 0 Å². The molecule has 2 atom stereocenters. The Hall–Kier alpha value is -1.16. The average molecular weight is 362 g/mol. The van der Waals surface area contributed by atoms with Gasteiger partial charge in [-0.2, -0.15) is 4.31 Å². The molecule has 130 valence electrons. The number of methoxy groups -OCH3 is 1. The van der Waals surface area contributed by atoms with Gasteiger partial charge in [0.2, 0.25) is 10.0 Å². The predicted octanol–water partition coefficient (Wildman–Crippen LogP) is 0.470. The zero-order chi connectivity index (χ0) is 17.4. The SMILES string of the molecule is COc1ccc(S(C)(=O)=O)cc1S(=O)(=O)N1CC(C)NCC1C. The highest BCUT2D eigenvalue weighted by molar-refractivity contribution is 7.91. The summed E-state index contributed by atoms with van der Waals surface area (Å²) >= 11 is 0. The van der Waals surface area contributed by atoms with Gasteiger partial charge in [-0.1, -0.05) is 0 Å². The normalized spacial score (nSPS) is 23.7. The molecule has 1 saturated heterocycles. The molecule has 2 unspecified atom stereocenters. The van der Waals surface area contributed by atoms with Gasteiger partial charge in [-0.05, 0) is 32.0 Å². The number of piperazine rings is 1. The first-order chi connectivity index (χ1) is 10.6. The number of sulfone groups is 1. The minimum absolute atomic E-state index is 0.0186. The Morgan fingerprint density at radius 3 is 2.43 bits per heavy atom. The number of nitrogens with one attached hydrogen (secondary N) is 1. The van der Waals surface area contributed by atoms with Gasteiger partial charge in [0.25, 0.3) is 0 Å². The van der Waals surface area contributed by atoms with Crippen molar-refractivity contribution in [2.45, 2.75) is 35.7 Å². The third-order valence-electron chi connectivity index (χ3n) is 3.86. The van der Waals surface area contributed by atoms with Crippen molar-refractivity contribution in [3.05, 3.63) is 18.2 Å². The van der Waals surface area contributed by atoms with Crippen LogP contribution < -0.4 is 10.1 Å². The van der Waals surface area contributed by atoms with E-state index in [9.17, 15) is 16.8 Å². The van der Waals surface area contributed by atoms with Gasteiger partial charge >= 0.3 is 0 Å². The molecule has 0 aliphatic carbocycles. The maximum atomic E-state index is 13.0. The average Bonchev–Trinajstić information content (AvgIpc) is 2.48. The Morgan fingerprint density at radius 1 is 1.22 bits per heavy atom. The molecule has 1 N–H and O–H groups in total. The molecule has 1 aromatic rings. The van der Waals surface area contributed by atoms with Crippen molar-refractivity contribution in [1.29, 1.82) is 0 Å². The standard InChI is InChI=1S/C14H22N2O5S2/c1-10-9-16(11(2)8-15-10)23(19,20)14-7-12(22(4,17)18)5-6-13(14)21-3/h5-7,10-11,15H,8-9H2,1-4H3. The fourth-order valence-electron chi connectivity index (χ4n) is 2.54. The Bertz CT molecular complexity index is 789. The summed E-state index contributed by atoms with van der Waals surface area (Å²) in [5.74, 6) is 0.135. The molecule has 23 heavy (non-hydrogen) atoms. The fourth-order valence-corrected chi connectivity index (χ4v) is 5.16. The van der Waals surface area contributed by atoms with Crippen LogP contribution in [0.4, 0.5) is 0 Å². The van der Waals surface area contributed by atoms with E-state index in [1.807, 2.05) is 13.8 Å². The van der Waals surface area contributed by atoms with E-state index in [-0.39, 0.29) is 27.6 Å². The molecular formula is C14H22N2O5S2. The third-order valence-corrected chi connectivity index (χ3v) is 6.97. The highest BCUT2D eigenvalue weighted by Gasteiger charge is 2.35. The van der Waals surface area contributed by atoms with Gasteiger partial charge in [0, 0.05) is 31.4 Å². The number of hydrogen-bond acceptors (Lipinski definition) is 6. The summed E-state index contributed by atoms with van der Waals surface area (Å²) in [5, 5.41) is 3.22. The van der Waals surface area contributed by atoms with Crippen LogP contribution in [0.1, 0.15) is 13.8 Å². The summed E-state index contributed by atoms with van der Waals surface area (Å²) in [6.07, 6.45) is 1.04. The highest BCUT2D eigenvalue weighted by Crippen LogP contribution is 2.31. The van der Waals surface area contributed by atoms with Crippen LogP contribution in [0, 0.1) is 0 Å². The quantitative estimate of drug-likeness (QED) is 0.837. The van der Waals surface area contributed by atoms with Crippen molar-refractivity contribution in [2.75, 3.05) is 26.5 Å². The zero-order valence-electron chi connectivity index (χ0n) is 13.6. The topological polar surface area (TPSA) is 92.8 Å². The predicted molar refractivity (Wildman–Crippen MR) is 86.9 cm³/mol. The van der Waals surface area contributed by atoms with E-state index < -0.39 is 19.9 Å². The molecule has 1 aliphatic heterocycles. The van der Waals surface area contributed by atoms with Gasteiger partial charge in [-0.3, -0.25) is 0 Å². The molecule has 0 aromatic heterocycles. The molecule has 0 saturated carbocycles. The molecule has 2 rings (SSSR count). The zero-order valence-corrected chi connectivity index (χ0v) is 15.2. The van der Waals surface area contributed by atoms with Crippen LogP contribution in [0.15, 0.2) is 28.0 Å². The second-order valence-corrected chi connectivity index (χ2v) is 9.69. The summed E-state index contributed by atoms with van der Waals surface area (Å²) in [4.78, 5) is -0.170. The first-order valence-corrected chi connectivity index (χ1v) is 10.5. The Labute approximate surface area is 137 Å². The van der Waals surface area contributed by atoms with Gasteiger partial charge in [0.1, 0.15) is 10.6 Å². The van der Waals surface area contributed by atoms with Crippen LogP contribution in [-0.4, -0.2) is 59.7 Å². The number of rotatable bonds is 4. The monoisotopic (exact) mass is 362 g/mol. The lowest BCUT2D eigenvalue weighted by atomic mass is 10.2. The van der Waals surface area contributed by atoms with E-state index in [4.69, 9.17) is 4.74 Å². The summed E-state index contributed by atoms with van der Waals surface area (Å²) in [6, 6.07) is 3.67. The molecule has 7 nitrogen and oxygen atoms in total. The summed E-state index contributed by atoms with van der Waals surface area (Å²) in [7, 11) is -6.02. The number of ether oxygens (including phenoxy) is 1. The van der Waals surface area contributed by atoms with Gasteiger partial charge in [-0.25, -0.2) is 16.8 Å². The second-order valence-electron chi connectivity index (χ2n) is 5.82. The van der Waals surface area contributed by atoms with Crippen molar-refractivity contribution in [2.24, 2.45) is 0 Å². The van der Waals surface area contributed by atoms with Crippen molar-refractivity contribution in [1.82, 2.24) is 9.62 Å². The summed E-state index contributed by atoms with van der Waals surface area (Å²) < 4.78 is 56.1. The largest absolute Gasteiger partial charge is 0.495 e. The lowest BCUT2D eigenvalue weighted by Crippen LogP contribution is -2.56. The lowest BCUT2D eigenvalue weighted by Gasteiger charge is -2.36. The first-order valence-electron chi connectivity index (χ1n) is 7.20. The maximum Gasteiger partial charge on any atom is 0.247 e. The van der Waals surface area contributed by atoms with Crippen LogP contribution in [-0.2, 0) is 19.9 Å². The molecule has 1 fully saturated rings. The number of benzene rings is 1. The Morgan fingerprint density at radius 2 is 1.87 bits per heavy atom. The molecule has 0 radical (unpaired) electrons. The van der Waals surface area contributed by atoms with E-state index in [1.54, 1.807) is 0 Å². The van der Waals surface area contributed by atoms with Crippen molar-refractivity contribution in [3.8, 4) is 5.75 Å². The van der Waals surface area contributed by atoms with Gasteiger partial charge in [0.05, 0.1) is 12.0 Å². The molecule has 1 aromatic carbocycles. The van der Waals surface area contributed by atoms with Crippen molar-refractivity contribution in [3.63, 3.8) is 0 Å². The van der Waals surface area contributed by atoms with Crippen LogP contribution in [0.2, 0.25) is 0 Å². The van der Waals surface area contributed by atoms with E-state index in [0.717, 1.165) is 6.26 Å². The molecule has 1 aliphatic rings. The Balaban J connectivity index is 2.58. The summed E-state index contributed by atoms with van der Waals surface area (Å²) in [5.41, 5.74) is 0. The summed E-state index contributed by atoms with van der Waals surface area (Å²) in [6.45, 7) is 4.56. The van der Waals surface area contributed by atoms with Gasteiger partial charge < -0.3 is 10.1 Å². The third kappa shape index (κ3) is 3.68. The Kier molecular flexibility index (Phi) is 5.05. The molecule has 1 heterocycles. The van der Waals surface area contributed by atoms with E-state index in [2.05, 4.69) is 5.32 Å². The second kappa shape index (κ2) is 6.39. The number of hydrogen-bond donors (Lipinski definition) is 1. The maximum absolute atomic E-state index is 13.0. The van der Waals surface area contributed by atoms with Crippen LogP contribution in [0.25, 0.3) is 0 Å². The molecule has 9 heteroatoms. The minimum atomic E-state index is -3.87.